The van der Waals surface area contributed by atoms with Crippen molar-refractivity contribution in [3.8, 4) is 0 Å². The van der Waals surface area contributed by atoms with Gasteiger partial charge in [0, 0.05) is 35.9 Å². The summed E-state index contributed by atoms with van der Waals surface area (Å²) in [6, 6.07) is 7.69. The number of piperazine rings is 1. The molecule has 1 atom stereocenters. The molecule has 1 aromatic heterocycles. The second-order valence-electron chi connectivity index (χ2n) is 6.12. The first-order valence-corrected chi connectivity index (χ1v) is 8.45. The lowest BCUT2D eigenvalue weighted by Crippen LogP contribution is -2.49. The van der Waals surface area contributed by atoms with Gasteiger partial charge < -0.3 is 10.2 Å². The van der Waals surface area contributed by atoms with Crippen LogP contribution in [0.15, 0.2) is 24.3 Å². The maximum atomic E-state index is 13.1. The lowest BCUT2D eigenvalue weighted by Gasteiger charge is -2.36. The van der Waals surface area contributed by atoms with E-state index >= 15 is 0 Å². The molecule has 0 bridgehead atoms. The van der Waals surface area contributed by atoms with Crippen LogP contribution in [0, 0.1) is 0 Å². The number of hydrogen-bond acceptors (Lipinski definition) is 3. The average molecular weight is 331 g/mol. The van der Waals surface area contributed by atoms with E-state index in [9.17, 15) is 4.79 Å². The molecule has 1 unspecified atom stereocenters. The van der Waals surface area contributed by atoms with Crippen molar-refractivity contribution in [3.63, 3.8) is 0 Å². The second-order valence-corrected chi connectivity index (χ2v) is 6.53. The largest absolute Gasteiger partial charge is 0.328 e. The van der Waals surface area contributed by atoms with E-state index in [2.05, 4.69) is 15.5 Å². The number of carbonyl (C=O) groups excluding carboxylic acids is 1. The van der Waals surface area contributed by atoms with Crippen molar-refractivity contribution in [2.75, 3.05) is 19.6 Å². The normalized spacial score (nSPS) is 20.6. The van der Waals surface area contributed by atoms with Gasteiger partial charge in [0.05, 0.1) is 6.04 Å². The van der Waals surface area contributed by atoms with Gasteiger partial charge in [-0.2, -0.15) is 5.10 Å². The first kappa shape index (κ1) is 14.7. The van der Waals surface area contributed by atoms with E-state index in [1.807, 2.05) is 29.2 Å². The quantitative estimate of drug-likeness (QED) is 0.888. The number of aromatic amines is 1. The molecule has 1 aliphatic heterocycles. The number of carbonyl (C=O) groups is 1. The summed E-state index contributed by atoms with van der Waals surface area (Å²) < 4.78 is 0. The summed E-state index contributed by atoms with van der Waals surface area (Å²) in [5.74, 6) is 0.0100. The van der Waals surface area contributed by atoms with Crippen LogP contribution in [0.1, 0.15) is 39.8 Å². The Kier molecular flexibility index (Phi) is 3.83. The first-order chi connectivity index (χ1) is 11.3. The zero-order valence-corrected chi connectivity index (χ0v) is 13.6. The third-order valence-corrected chi connectivity index (χ3v) is 5.12. The van der Waals surface area contributed by atoms with E-state index in [0.717, 1.165) is 42.6 Å². The van der Waals surface area contributed by atoms with Gasteiger partial charge in [-0.1, -0.05) is 29.8 Å². The summed E-state index contributed by atoms with van der Waals surface area (Å²) in [6.45, 7) is 2.16. The van der Waals surface area contributed by atoms with E-state index < -0.39 is 0 Å². The lowest BCUT2D eigenvalue weighted by molar-refractivity contribution is 0.0627. The van der Waals surface area contributed by atoms with Crippen LogP contribution in [0.4, 0.5) is 0 Å². The maximum absolute atomic E-state index is 13.1. The minimum absolute atomic E-state index is 0.0100. The predicted octanol–water partition coefficient (Wildman–Crippen LogP) is 2.34. The van der Waals surface area contributed by atoms with E-state index in [4.69, 9.17) is 11.6 Å². The zero-order valence-electron chi connectivity index (χ0n) is 12.8. The number of aryl methyl sites for hydroxylation is 1. The topological polar surface area (TPSA) is 61.0 Å². The molecule has 1 fully saturated rings. The van der Waals surface area contributed by atoms with E-state index in [-0.39, 0.29) is 11.9 Å². The molecule has 0 radical (unpaired) electrons. The van der Waals surface area contributed by atoms with Crippen molar-refractivity contribution < 1.29 is 4.79 Å². The van der Waals surface area contributed by atoms with Gasteiger partial charge in [-0.3, -0.25) is 9.89 Å². The molecule has 1 aliphatic carbocycles. The van der Waals surface area contributed by atoms with Gasteiger partial charge >= 0.3 is 0 Å². The van der Waals surface area contributed by atoms with Gasteiger partial charge in [-0.15, -0.1) is 0 Å². The molecule has 2 heterocycles. The molecule has 5 nitrogen and oxygen atoms in total. The molecule has 2 aromatic rings. The lowest BCUT2D eigenvalue weighted by atomic mass is 10.0. The monoisotopic (exact) mass is 330 g/mol. The Morgan fingerprint density at radius 3 is 3.04 bits per heavy atom. The number of nitrogens with one attached hydrogen (secondary N) is 2. The Hall–Kier alpha value is -1.85. The van der Waals surface area contributed by atoms with Crippen molar-refractivity contribution >= 4 is 17.5 Å². The standard InChI is InChI=1S/C17H19ClN4O/c18-13-6-2-1-4-11(13)15-10-19-8-9-22(15)17(23)16-12-5-3-7-14(12)20-21-16/h1-2,4,6,15,19H,3,5,7-10H2,(H,20,21). The highest BCUT2D eigenvalue weighted by Crippen LogP contribution is 2.31. The Labute approximate surface area is 140 Å². The van der Waals surface area contributed by atoms with E-state index in [0.29, 0.717) is 23.8 Å². The van der Waals surface area contributed by atoms with Crippen LogP contribution in [0.25, 0.3) is 0 Å². The highest BCUT2D eigenvalue weighted by Gasteiger charge is 2.33. The van der Waals surface area contributed by atoms with Crippen molar-refractivity contribution in [2.24, 2.45) is 0 Å². The number of nitrogens with zero attached hydrogens (tertiary/aromatic N) is 2. The molecule has 2 N–H and O–H groups in total. The molecule has 1 saturated heterocycles. The van der Waals surface area contributed by atoms with Gasteiger partial charge in [0.15, 0.2) is 5.69 Å². The summed E-state index contributed by atoms with van der Waals surface area (Å²) in [5.41, 5.74) is 3.81. The van der Waals surface area contributed by atoms with Gasteiger partial charge in [-0.05, 0) is 30.9 Å². The van der Waals surface area contributed by atoms with Gasteiger partial charge in [0.25, 0.3) is 5.91 Å². The Balaban J connectivity index is 1.68. The number of aromatic nitrogens is 2. The van der Waals surface area contributed by atoms with Crippen molar-refractivity contribution in [1.82, 2.24) is 20.4 Å². The summed E-state index contributed by atoms with van der Waals surface area (Å²) in [7, 11) is 0. The van der Waals surface area contributed by atoms with Crippen LogP contribution in [0.2, 0.25) is 5.02 Å². The van der Waals surface area contributed by atoms with Crippen LogP contribution in [-0.4, -0.2) is 40.6 Å². The average Bonchev–Trinajstić information content (AvgIpc) is 3.18. The minimum Gasteiger partial charge on any atom is -0.328 e. The molecule has 4 rings (SSSR count). The summed E-state index contributed by atoms with van der Waals surface area (Å²) in [5, 5.41) is 11.4. The van der Waals surface area contributed by atoms with Crippen molar-refractivity contribution in [2.45, 2.75) is 25.3 Å². The molecule has 2 aliphatic rings. The van der Waals surface area contributed by atoms with Crippen molar-refractivity contribution in [1.29, 1.82) is 0 Å². The molecule has 23 heavy (non-hydrogen) atoms. The molecule has 120 valence electrons. The number of rotatable bonds is 2. The van der Waals surface area contributed by atoms with Crippen LogP contribution < -0.4 is 5.32 Å². The third-order valence-electron chi connectivity index (χ3n) is 4.78. The predicted molar refractivity (Wildman–Crippen MR) is 88.7 cm³/mol. The maximum Gasteiger partial charge on any atom is 0.275 e. The number of H-pyrrole nitrogens is 1. The molecule has 0 spiro atoms. The highest BCUT2D eigenvalue weighted by molar-refractivity contribution is 6.31. The summed E-state index contributed by atoms with van der Waals surface area (Å²) in [6.07, 6.45) is 3.03. The van der Waals surface area contributed by atoms with E-state index in [1.54, 1.807) is 0 Å². The zero-order chi connectivity index (χ0) is 15.8. The Morgan fingerprint density at radius 2 is 2.17 bits per heavy atom. The second kappa shape index (κ2) is 5.98. The number of benzene rings is 1. The smallest absolute Gasteiger partial charge is 0.275 e. The first-order valence-electron chi connectivity index (χ1n) is 8.08. The molecule has 1 aromatic carbocycles. The molecule has 6 heteroatoms. The van der Waals surface area contributed by atoms with Gasteiger partial charge in [0.2, 0.25) is 0 Å². The minimum atomic E-state index is -0.0568. The molecule has 0 saturated carbocycles. The highest BCUT2D eigenvalue weighted by atomic mass is 35.5. The van der Waals surface area contributed by atoms with Crippen LogP contribution >= 0.6 is 11.6 Å². The fourth-order valence-corrected chi connectivity index (χ4v) is 3.86. The number of hydrogen-bond donors (Lipinski definition) is 2. The SMILES string of the molecule is O=C(c1n[nH]c2c1CCC2)N1CCNCC1c1ccccc1Cl. The summed E-state index contributed by atoms with van der Waals surface area (Å²) in [4.78, 5) is 15.0. The van der Waals surface area contributed by atoms with Gasteiger partial charge in [0.1, 0.15) is 0 Å². The number of fused-ring (bicyclic) bond motifs is 1. The van der Waals surface area contributed by atoms with Crippen LogP contribution in [0.5, 0.6) is 0 Å². The fourth-order valence-electron chi connectivity index (χ4n) is 3.60. The Morgan fingerprint density at radius 1 is 1.30 bits per heavy atom. The summed E-state index contributed by atoms with van der Waals surface area (Å²) >= 11 is 6.36. The number of halogens is 1. The van der Waals surface area contributed by atoms with Crippen molar-refractivity contribution in [3.05, 3.63) is 51.8 Å². The fraction of sp³-hybridized carbons (Fsp3) is 0.412. The Bertz CT molecular complexity index is 742. The van der Waals surface area contributed by atoms with Crippen LogP contribution in [0.3, 0.4) is 0 Å². The third kappa shape index (κ3) is 2.54. The van der Waals surface area contributed by atoms with Gasteiger partial charge in [-0.25, -0.2) is 0 Å². The molecule has 1 amide bonds. The number of amides is 1. The molecular formula is C17H19ClN4O. The van der Waals surface area contributed by atoms with Crippen LogP contribution in [-0.2, 0) is 12.8 Å². The molecular weight excluding hydrogens is 312 g/mol. The van der Waals surface area contributed by atoms with E-state index in [1.165, 1.54) is 0 Å².